The highest BCUT2D eigenvalue weighted by atomic mass is 16.1. The molecule has 3 nitrogen and oxygen atoms in total. The van der Waals surface area contributed by atoms with Crippen LogP contribution in [0.2, 0.25) is 0 Å². The largest absolute Gasteiger partial charge is 0.310 e. The lowest BCUT2D eigenvalue weighted by molar-refractivity contribution is -0.113. The topological polar surface area (TPSA) is 46.2 Å². The number of carbonyl (C=O) groups is 2. The van der Waals surface area contributed by atoms with Crippen LogP contribution in [0.15, 0.2) is 0 Å². The van der Waals surface area contributed by atoms with Gasteiger partial charge in [-0.3, -0.25) is 0 Å². The maximum absolute atomic E-state index is 9.90. The molecule has 1 N–H and O–H groups in total. The summed E-state index contributed by atoms with van der Waals surface area (Å²) in [6.45, 7) is 0. The molecule has 0 heterocycles. The van der Waals surface area contributed by atoms with Gasteiger partial charge in [0.05, 0.1) is 6.04 Å². The second-order valence-electron chi connectivity index (χ2n) is 1.43. The van der Waals surface area contributed by atoms with Gasteiger partial charge < -0.3 is 14.9 Å². The fraction of sp³-hybridized carbons (Fsp3) is 0.600. The van der Waals surface area contributed by atoms with Gasteiger partial charge in [0, 0.05) is 6.42 Å². The van der Waals surface area contributed by atoms with Gasteiger partial charge in [-0.15, -0.1) is 0 Å². The summed E-state index contributed by atoms with van der Waals surface area (Å²) in [6, 6.07) is -0.299. The van der Waals surface area contributed by atoms with Gasteiger partial charge in [0.1, 0.15) is 12.6 Å². The number of likely N-dealkylation sites (N-methyl/N-ethyl adjacent to an activating group) is 1. The molecule has 3 heteroatoms. The Kier molecular flexibility index (Phi) is 4.07. The predicted molar refractivity (Wildman–Crippen MR) is 29.6 cm³/mol. The summed E-state index contributed by atoms with van der Waals surface area (Å²) in [4.78, 5) is 19.6. The summed E-state index contributed by atoms with van der Waals surface area (Å²) in [5, 5.41) is 2.65. The van der Waals surface area contributed by atoms with Crippen LogP contribution in [0.1, 0.15) is 6.42 Å². The molecule has 8 heavy (non-hydrogen) atoms. The number of hydrogen-bond acceptors (Lipinski definition) is 3. The second-order valence-corrected chi connectivity index (χ2v) is 1.43. The van der Waals surface area contributed by atoms with Crippen molar-refractivity contribution in [2.75, 3.05) is 7.05 Å². The van der Waals surface area contributed by atoms with Crippen LogP contribution < -0.4 is 5.32 Å². The summed E-state index contributed by atoms with van der Waals surface area (Å²) < 4.78 is 0. The van der Waals surface area contributed by atoms with E-state index in [1.54, 1.807) is 7.05 Å². The van der Waals surface area contributed by atoms with E-state index in [9.17, 15) is 9.59 Å². The average molecular weight is 115 g/mol. The van der Waals surface area contributed by atoms with E-state index in [0.717, 1.165) is 6.29 Å². The van der Waals surface area contributed by atoms with Gasteiger partial charge in [0.25, 0.3) is 0 Å². The molecular weight excluding hydrogens is 106 g/mol. The van der Waals surface area contributed by atoms with E-state index in [1.807, 2.05) is 0 Å². The fourth-order valence-electron chi connectivity index (χ4n) is 0.345. The van der Waals surface area contributed by atoms with Crippen LogP contribution in [0.5, 0.6) is 0 Å². The minimum absolute atomic E-state index is 0.264. The lowest BCUT2D eigenvalue weighted by atomic mass is 10.2. The van der Waals surface area contributed by atoms with Gasteiger partial charge in [0.15, 0.2) is 0 Å². The lowest BCUT2D eigenvalue weighted by Gasteiger charge is -2.00. The quantitative estimate of drug-likeness (QED) is 0.496. The maximum atomic E-state index is 9.90. The zero-order chi connectivity index (χ0) is 6.41. The Labute approximate surface area is 48.1 Å². The van der Waals surface area contributed by atoms with Crippen molar-refractivity contribution in [1.29, 1.82) is 0 Å². The number of nitrogens with one attached hydrogen (secondary N) is 1. The highest BCUT2D eigenvalue weighted by molar-refractivity contribution is 5.64. The molecule has 0 aliphatic carbocycles. The molecule has 0 aromatic carbocycles. The van der Waals surface area contributed by atoms with Gasteiger partial charge in [0.2, 0.25) is 0 Å². The van der Waals surface area contributed by atoms with Gasteiger partial charge in [-0.25, -0.2) is 0 Å². The van der Waals surface area contributed by atoms with E-state index in [-0.39, 0.29) is 12.5 Å². The van der Waals surface area contributed by atoms with Gasteiger partial charge in [-0.1, -0.05) is 0 Å². The Bertz CT molecular complexity index is 82.5. The predicted octanol–water partition coefficient (Wildman–Crippen LogP) is -0.638. The van der Waals surface area contributed by atoms with Crippen molar-refractivity contribution in [3.8, 4) is 0 Å². The molecule has 0 unspecified atom stereocenters. The molecule has 0 spiro atoms. The third-order valence-electron chi connectivity index (χ3n) is 0.885. The van der Waals surface area contributed by atoms with Crippen molar-refractivity contribution in [1.82, 2.24) is 5.32 Å². The van der Waals surface area contributed by atoms with E-state index in [0.29, 0.717) is 6.29 Å². The molecule has 0 aliphatic heterocycles. The van der Waals surface area contributed by atoms with Crippen molar-refractivity contribution in [3.63, 3.8) is 0 Å². The Balaban J connectivity index is 3.35. The van der Waals surface area contributed by atoms with Crippen molar-refractivity contribution >= 4 is 12.6 Å². The van der Waals surface area contributed by atoms with Crippen molar-refractivity contribution < 1.29 is 9.59 Å². The molecule has 0 aromatic heterocycles. The first-order valence-corrected chi connectivity index (χ1v) is 2.41. The summed E-state index contributed by atoms with van der Waals surface area (Å²) in [5.74, 6) is 0. The Hall–Kier alpha value is -0.700. The third kappa shape index (κ3) is 2.47. The zero-order valence-corrected chi connectivity index (χ0v) is 4.76. The fourth-order valence-corrected chi connectivity index (χ4v) is 0.345. The highest BCUT2D eigenvalue weighted by Crippen LogP contribution is 1.78. The molecule has 0 aromatic rings. The first-order chi connectivity index (χ1) is 3.85. The summed E-state index contributed by atoms with van der Waals surface area (Å²) in [6.07, 6.45) is 1.70. The molecule has 1 atom stereocenters. The molecule has 0 saturated carbocycles. The molecule has 0 rings (SSSR count). The van der Waals surface area contributed by atoms with Crippen molar-refractivity contribution in [2.45, 2.75) is 12.5 Å². The molecule has 46 valence electrons. The Morgan fingerprint density at radius 1 is 1.62 bits per heavy atom. The van der Waals surface area contributed by atoms with Crippen LogP contribution in [-0.2, 0) is 9.59 Å². The van der Waals surface area contributed by atoms with Crippen LogP contribution in [0.25, 0.3) is 0 Å². The Morgan fingerprint density at radius 3 is 2.38 bits per heavy atom. The standard InChI is InChI=1S/C5H9NO2/c1-6-5(4-8)2-3-7/h3-6H,2H2,1H3/t5-/m0/s1. The third-order valence-corrected chi connectivity index (χ3v) is 0.885. The van der Waals surface area contributed by atoms with E-state index < -0.39 is 0 Å². The van der Waals surface area contributed by atoms with Gasteiger partial charge in [-0.05, 0) is 7.05 Å². The van der Waals surface area contributed by atoms with Gasteiger partial charge >= 0.3 is 0 Å². The molecule has 0 aliphatic rings. The smallest absolute Gasteiger partial charge is 0.137 e. The van der Waals surface area contributed by atoms with Crippen LogP contribution in [0, 0.1) is 0 Å². The van der Waals surface area contributed by atoms with Crippen molar-refractivity contribution in [2.24, 2.45) is 0 Å². The number of carbonyl (C=O) groups excluding carboxylic acids is 2. The number of hydrogen-bond donors (Lipinski definition) is 1. The molecule has 0 amide bonds. The monoisotopic (exact) mass is 115 g/mol. The minimum Gasteiger partial charge on any atom is -0.310 e. The van der Waals surface area contributed by atoms with E-state index in [1.165, 1.54) is 0 Å². The summed E-state index contributed by atoms with van der Waals surface area (Å²) >= 11 is 0. The van der Waals surface area contributed by atoms with Crippen LogP contribution in [0.3, 0.4) is 0 Å². The maximum Gasteiger partial charge on any atom is 0.137 e. The van der Waals surface area contributed by atoms with Crippen LogP contribution in [-0.4, -0.2) is 25.7 Å². The number of aldehydes is 2. The molecule has 0 saturated heterocycles. The van der Waals surface area contributed by atoms with Crippen LogP contribution in [0.4, 0.5) is 0 Å². The Morgan fingerprint density at radius 2 is 2.25 bits per heavy atom. The van der Waals surface area contributed by atoms with Gasteiger partial charge in [-0.2, -0.15) is 0 Å². The summed E-state index contributed by atoms with van der Waals surface area (Å²) in [7, 11) is 1.64. The summed E-state index contributed by atoms with van der Waals surface area (Å²) in [5.41, 5.74) is 0. The molecule has 0 radical (unpaired) electrons. The average Bonchev–Trinajstić information content (AvgIpc) is 1.83. The highest BCUT2D eigenvalue weighted by Gasteiger charge is 1.99. The SMILES string of the molecule is CN[C@H](C=O)CC=O. The molecular formula is C5H9NO2. The van der Waals surface area contributed by atoms with E-state index in [2.05, 4.69) is 5.32 Å². The van der Waals surface area contributed by atoms with E-state index >= 15 is 0 Å². The number of rotatable bonds is 4. The molecule has 0 fully saturated rings. The van der Waals surface area contributed by atoms with E-state index in [4.69, 9.17) is 0 Å². The van der Waals surface area contributed by atoms with Crippen molar-refractivity contribution in [3.05, 3.63) is 0 Å². The second kappa shape index (κ2) is 4.46. The first-order valence-electron chi connectivity index (χ1n) is 2.41. The minimum atomic E-state index is -0.299. The normalized spacial score (nSPS) is 12.6. The van der Waals surface area contributed by atoms with Crippen LogP contribution >= 0.6 is 0 Å². The zero-order valence-electron chi connectivity index (χ0n) is 4.76. The molecule has 0 bridgehead atoms. The lowest BCUT2D eigenvalue weighted by Crippen LogP contribution is -2.26. The first kappa shape index (κ1) is 7.30.